The summed E-state index contributed by atoms with van der Waals surface area (Å²) in [5, 5.41) is 10.6. The first-order valence-corrected chi connectivity index (χ1v) is 41.1. The van der Waals surface area contributed by atoms with E-state index >= 15 is 0 Å². The molecule has 0 saturated carbocycles. The van der Waals surface area contributed by atoms with Gasteiger partial charge in [-0.1, -0.05) is 330 Å². The van der Waals surface area contributed by atoms with Crippen LogP contribution in [-0.2, 0) is 65.4 Å². The fourth-order valence-electron chi connectivity index (χ4n) is 11.2. The van der Waals surface area contributed by atoms with Crippen molar-refractivity contribution >= 4 is 39.5 Å². The van der Waals surface area contributed by atoms with E-state index < -0.39 is 97.5 Å². The summed E-state index contributed by atoms with van der Waals surface area (Å²) in [6, 6.07) is 0. The molecule has 0 radical (unpaired) electrons. The summed E-state index contributed by atoms with van der Waals surface area (Å²) in [7, 11) is -9.90. The lowest BCUT2D eigenvalue weighted by molar-refractivity contribution is -0.161. The fraction of sp³-hybridized carbons (Fsp3) is 0.945. The Balaban J connectivity index is 5.24. The van der Waals surface area contributed by atoms with Crippen molar-refractivity contribution in [2.24, 2.45) is 5.92 Å². The largest absolute Gasteiger partial charge is 0.472 e. The summed E-state index contributed by atoms with van der Waals surface area (Å²) in [5.74, 6) is -1.36. The number of phosphoric acid groups is 2. The number of carbonyl (C=O) groups excluding carboxylic acids is 4. The first kappa shape index (κ1) is 90.1. The van der Waals surface area contributed by atoms with E-state index in [0.717, 1.165) is 95.8 Å². The maximum Gasteiger partial charge on any atom is 0.472 e. The molecule has 3 N–H and O–H groups in total. The van der Waals surface area contributed by atoms with Crippen molar-refractivity contribution in [2.45, 2.75) is 400 Å². The molecule has 17 nitrogen and oxygen atoms in total. The summed E-state index contributed by atoms with van der Waals surface area (Å²) < 4.78 is 68.4. The van der Waals surface area contributed by atoms with Gasteiger partial charge in [-0.2, -0.15) is 0 Å². The topological polar surface area (TPSA) is 237 Å². The van der Waals surface area contributed by atoms with Crippen LogP contribution in [0.3, 0.4) is 0 Å². The third-order valence-electron chi connectivity index (χ3n) is 17.0. The van der Waals surface area contributed by atoms with Gasteiger partial charge in [0.15, 0.2) is 12.2 Å². The van der Waals surface area contributed by atoms with Crippen molar-refractivity contribution in [1.82, 2.24) is 0 Å². The van der Waals surface area contributed by atoms with E-state index in [4.69, 9.17) is 37.0 Å². The predicted molar refractivity (Wildman–Crippen MR) is 372 cm³/mol. The third-order valence-corrected chi connectivity index (χ3v) is 18.9. The van der Waals surface area contributed by atoms with E-state index in [9.17, 15) is 43.2 Å². The Bertz CT molecular complexity index is 1770. The number of esters is 4. The van der Waals surface area contributed by atoms with Gasteiger partial charge < -0.3 is 33.8 Å². The minimum Gasteiger partial charge on any atom is -0.462 e. The normalized spacial score (nSPS) is 14.0. The second-order valence-corrected chi connectivity index (χ2v) is 29.7. The Morgan fingerprint density at radius 3 is 0.739 bits per heavy atom. The van der Waals surface area contributed by atoms with Crippen LogP contribution in [0.15, 0.2) is 0 Å². The number of ether oxygens (including phenoxy) is 4. The zero-order valence-electron chi connectivity index (χ0n) is 59.7. The zero-order valence-corrected chi connectivity index (χ0v) is 61.5. The number of aliphatic hydroxyl groups excluding tert-OH is 1. The number of carbonyl (C=O) groups is 4. The summed E-state index contributed by atoms with van der Waals surface area (Å²) in [4.78, 5) is 72.7. The van der Waals surface area contributed by atoms with Crippen LogP contribution in [0.5, 0.6) is 0 Å². The second kappa shape index (κ2) is 66.3. The molecule has 0 amide bonds. The molecular weight excluding hydrogens is 1210 g/mol. The van der Waals surface area contributed by atoms with Crippen LogP contribution in [0, 0.1) is 5.92 Å². The molecule has 0 aliphatic carbocycles. The molecule has 0 saturated heterocycles. The molecule has 5 atom stereocenters. The molecule has 0 aliphatic heterocycles. The monoisotopic (exact) mass is 1350 g/mol. The van der Waals surface area contributed by atoms with Gasteiger partial charge in [0.2, 0.25) is 0 Å². The van der Waals surface area contributed by atoms with Gasteiger partial charge in [0.25, 0.3) is 0 Å². The maximum atomic E-state index is 13.1. The first-order chi connectivity index (χ1) is 44.5. The Morgan fingerprint density at radius 1 is 0.293 bits per heavy atom. The molecule has 0 bridgehead atoms. The van der Waals surface area contributed by atoms with Gasteiger partial charge in [-0.25, -0.2) is 9.13 Å². The number of hydrogen-bond donors (Lipinski definition) is 3. The van der Waals surface area contributed by atoms with Crippen molar-refractivity contribution in [3.8, 4) is 0 Å². The molecule has 2 unspecified atom stereocenters. The van der Waals surface area contributed by atoms with Gasteiger partial charge >= 0.3 is 39.5 Å². The highest BCUT2D eigenvalue weighted by Gasteiger charge is 2.30. The molecule has 0 aliphatic rings. The third kappa shape index (κ3) is 66.7. The van der Waals surface area contributed by atoms with Crippen molar-refractivity contribution in [3.05, 3.63) is 0 Å². The summed E-state index contributed by atoms with van der Waals surface area (Å²) in [5.41, 5.74) is 0. The maximum absolute atomic E-state index is 13.1. The quantitative estimate of drug-likeness (QED) is 0.0222. The minimum absolute atomic E-state index is 0.106. The number of aliphatic hydroxyl groups is 1. The number of hydrogen-bond acceptors (Lipinski definition) is 15. The van der Waals surface area contributed by atoms with Gasteiger partial charge in [0.1, 0.15) is 19.3 Å². The van der Waals surface area contributed by atoms with E-state index in [1.807, 2.05) is 0 Å². The summed E-state index contributed by atoms with van der Waals surface area (Å²) >= 11 is 0. The Labute approximate surface area is 562 Å². The van der Waals surface area contributed by atoms with Gasteiger partial charge in [0, 0.05) is 25.7 Å². The van der Waals surface area contributed by atoms with E-state index in [-0.39, 0.29) is 25.7 Å². The average Bonchev–Trinajstić information content (AvgIpc) is 3.30. The van der Waals surface area contributed by atoms with Gasteiger partial charge in [-0.05, 0) is 31.6 Å². The molecule has 0 fully saturated rings. The SMILES string of the molecule is CCCCCCCCCCCCCCCCCC(=O)OC[C@H](COP(=O)(O)OC[C@@H](O)COP(=O)(O)OC[C@@H](COC(=O)CCCCCCCCCCC)OC(=O)CCCCCCCCCCCCC(C)C)OC(=O)CCCCCCCCCCCCCCCCC. The highest BCUT2D eigenvalue weighted by atomic mass is 31.2. The van der Waals surface area contributed by atoms with E-state index in [1.54, 1.807) is 0 Å². The van der Waals surface area contributed by atoms with Crippen LogP contribution in [-0.4, -0.2) is 96.7 Å². The molecule has 0 aromatic heterocycles. The van der Waals surface area contributed by atoms with Crippen LogP contribution in [0.2, 0.25) is 0 Å². The van der Waals surface area contributed by atoms with Crippen molar-refractivity contribution in [1.29, 1.82) is 0 Å². The first-order valence-electron chi connectivity index (χ1n) is 38.1. The van der Waals surface area contributed by atoms with E-state index in [2.05, 4.69) is 34.6 Å². The molecule has 92 heavy (non-hydrogen) atoms. The Hall–Kier alpha value is -1.94. The van der Waals surface area contributed by atoms with Gasteiger partial charge in [-0.3, -0.25) is 37.3 Å². The molecule has 0 aromatic rings. The molecular formula is C73H142O17P2. The lowest BCUT2D eigenvalue weighted by atomic mass is 10.0. The van der Waals surface area contributed by atoms with Crippen LogP contribution in [0.4, 0.5) is 0 Å². The molecule has 546 valence electrons. The standard InChI is InChI=1S/C73H142O17P2/c1-6-9-12-15-18-21-23-25-27-29-31-37-42-47-52-57-71(76)84-63-69(89-72(77)58-53-48-43-38-32-30-28-26-24-22-19-16-13-10-7-2)65-88-92(81,82)86-61-67(74)60-85-91(79,80)87-64-68(62-83-70(75)56-51-46-41-35-20-17-14-11-8-3)90-73(78)59-54-49-44-39-34-33-36-40-45-50-55-66(4)5/h66-69,74H,6-65H2,1-5H3,(H,79,80)(H,81,82)/t67-,68+,69+/m0/s1. The van der Waals surface area contributed by atoms with E-state index in [1.165, 1.54) is 205 Å². The van der Waals surface area contributed by atoms with Crippen LogP contribution >= 0.6 is 15.6 Å². The number of phosphoric ester groups is 2. The van der Waals surface area contributed by atoms with Crippen LogP contribution in [0.1, 0.15) is 381 Å². The molecule has 0 heterocycles. The smallest absolute Gasteiger partial charge is 0.462 e. The zero-order chi connectivity index (χ0) is 67.7. The average molecular weight is 1350 g/mol. The highest BCUT2D eigenvalue weighted by molar-refractivity contribution is 7.47. The molecule has 19 heteroatoms. The molecule has 0 spiro atoms. The van der Waals surface area contributed by atoms with Gasteiger partial charge in [0.05, 0.1) is 26.4 Å². The van der Waals surface area contributed by atoms with Crippen LogP contribution in [0.25, 0.3) is 0 Å². The highest BCUT2D eigenvalue weighted by Crippen LogP contribution is 2.45. The lowest BCUT2D eigenvalue weighted by Crippen LogP contribution is -2.30. The van der Waals surface area contributed by atoms with Gasteiger partial charge in [-0.15, -0.1) is 0 Å². The van der Waals surface area contributed by atoms with Crippen molar-refractivity contribution < 1.29 is 80.2 Å². The van der Waals surface area contributed by atoms with Crippen LogP contribution < -0.4 is 0 Å². The predicted octanol–water partition coefficient (Wildman–Crippen LogP) is 21.3. The minimum atomic E-state index is -4.95. The Kier molecular flexibility index (Phi) is 64.9. The van der Waals surface area contributed by atoms with Crippen molar-refractivity contribution in [3.63, 3.8) is 0 Å². The molecule has 0 rings (SSSR count). The number of rotatable bonds is 73. The number of unbranched alkanes of at least 4 members (excludes halogenated alkanes) is 45. The van der Waals surface area contributed by atoms with E-state index in [0.29, 0.717) is 25.7 Å². The lowest BCUT2D eigenvalue weighted by Gasteiger charge is -2.21. The summed E-state index contributed by atoms with van der Waals surface area (Å²) in [6.45, 7) is 7.25. The van der Waals surface area contributed by atoms with Crippen molar-refractivity contribution in [2.75, 3.05) is 39.6 Å². The fourth-order valence-corrected chi connectivity index (χ4v) is 12.8. The molecule has 0 aromatic carbocycles. The second-order valence-electron chi connectivity index (χ2n) is 26.8. The summed E-state index contributed by atoms with van der Waals surface area (Å²) in [6.07, 6.45) is 54.0. The Morgan fingerprint density at radius 2 is 0.500 bits per heavy atom.